The molecule has 0 aliphatic heterocycles. The van der Waals surface area contributed by atoms with Crippen LogP contribution in [0.1, 0.15) is 0 Å². The number of rotatable bonds is 0. The second-order valence-corrected chi connectivity index (χ2v) is 0.732. The standard InChI is InChI=1S/C2H2N2O4.Sr/c5-1(6)3-4-2(7)8;/h(H,5,6)(H,7,8);/q;+2/p-2/b4-3-;. The van der Waals surface area contributed by atoms with Gasteiger partial charge in [-0.1, -0.05) is 0 Å². The van der Waals surface area contributed by atoms with Crippen molar-refractivity contribution < 1.29 is 19.8 Å². The first-order valence-corrected chi connectivity index (χ1v) is 1.46. The van der Waals surface area contributed by atoms with Gasteiger partial charge in [-0.3, -0.25) is 0 Å². The number of amides is 2. The average molecular weight is 204 g/mol. The molecule has 0 saturated heterocycles. The summed E-state index contributed by atoms with van der Waals surface area (Å²) < 4.78 is 0. The SMILES string of the molecule is O=C([O-])/N=N\C(=O)[O-].[Sr+2]. The smallest absolute Gasteiger partial charge is 0.527 e. The van der Waals surface area contributed by atoms with Crippen LogP contribution in [0.3, 0.4) is 0 Å². The van der Waals surface area contributed by atoms with E-state index >= 15 is 0 Å². The zero-order chi connectivity index (χ0) is 6.57. The molecule has 7 heteroatoms. The molecule has 0 aliphatic rings. The Balaban J connectivity index is 0. The molecule has 2 amide bonds. The second-order valence-electron chi connectivity index (χ2n) is 0.732. The van der Waals surface area contributed by atoms with E-state index in [4.69, 9.17) is 0 Å². The summed E-state index contributed by atoms with van der Waals surface area (Å²) in [5.41, 5.74) is 0. The molecule has 0 atom stereocenters. The molecule has 0 spiro atoms. The third kappa shape index (κ3) is 11.5. The summed E-state index contributed by atoms with van der Waals surface area (Å²) in [5, 5.41) is 22.7. The first-order valence-electron chi connectivity index (χ1n) is 1.46. The molecule has 0 aliphatic carbocycles. The number of azo groups is 1. The fourth-order valence-corrected chi connectivity index (χ4v) is 0.0816. The Bertz CT molecular complexity index is 128. The Kier molecular flexibility index (Phi) is 8.04. The molecule has 6 nitrogen and oxygen atoms in total. The summed E-state index contributed by atoms with van der Waals surface area (Å²) in [6.45, 7) is 0. The van der Waals surface area contributed by atoms with Crippen molar-refractivity contribution in [2.24, 2.45) is 10.2 Å². The Labute approximate surface area is 86.9 Å². The fourth-order valence-electron chi connectivity index (χ4n) is 0.0816. The van der Waals surface area contributed by atoms with Crippen LogP contribution in [-0.2, 0) is 0 Å². The van der Waals surface area contributed by atoms with Crippen LogP contribution in [0.15, 0.2) is 10.2 Å². The Morgan fingerprint density at radius 2 is 1.22 bits per heavy atom. The van der Waals surface area contributed by atoms with Crippen molar-refractivity contribution in [3.8, 4) is 0 Å². The van der Waals surface area contributed by atoms with Gasteiger partial charge in [-0.25, -0.2) is 0 Å². The summed E-state index contributed by atoms with van der Waals surface area (Å²) in [4.78, 5) is 18.5. The van der Waals surface area contributed by atoms with Crippen LogP contribution >= 0.6 is 0 Å². The van der Waals surface area contributed by atoms with Crippen LogP contribution in [0, 0.1) is 0 Å². The molecule has 0 aromatic carbocycles. The maximum absolute atomic E-state index is 9.24. The van der Waals surface area contributed by atoms with Crippen LogP contribution in [0.5, 0.6) is 0 Å². The average Bonchev–Trinajstić information content (AvgIpc) is 1.61. The molecule has 0 radical (unpaired) electrons. The molecule has 9 heavy (non-hydrogen) atoms. The molecule has 0 aromatic rings. The minimum atomic E-state index is -1.91. The van der Waals surface area contributed by atoms with E-state index in [0.717, 1.165) is 0 Å². The van der Waals surface area contributed by atoms with Crippen molar-refractivity contribution >= 4 is 57.7 Å². The molecule has 0 fully saturated rings. The van der Waals surface area contributed by atoms with Gasteiger partial charge in [-0.2, -0.15) is 0 Å². The predicted molar refractivity (Wildman–Crippen MR) is 21.4 cm³/mol. The number of carbonyl (C=O) groups excluding carboxylic acids is 2. The summed E-state index contributed by atoms with van der Waals surface area (Å²) in [6, 6.07) is 0. The Morgan fingerprint density at radius 1 is 1.00 bits per heavy atom. The number of hydrogen-bond donors (Lipinski definition) is 0. The monoisotopic (exact) mass is 204 g/mol. The number of carboxylic acid groups (broad SMARTS) is 2. The number of hydrogen-bond acceptors (Lipinski definition) is 4. The van der Waals surface area contributed by atoms with Crippen LogP contribution in [-0.4, -0.2) is 57.7 Å². The summed E-state index contributed by atoms with van der Waals surface area (Å²) in [6.07, 6.45) is -3.82. The van der Waals surface area contributed by atoms with E-state index in [0.29, 0.717) is 0 Å². The number of nitrogens with zero attached hydrogens (tertiary/aromatic N) is 2. The Morgan fingerprint density at radius 3 is 1.33 bits per heavy atom. The van der Waals surface area contributed by atoms with E-state index < -0.39 is 12.2 Å². The topological polar surface area (TPSA) is 105 Å². The van der Waals surface area contributed by atoms with Gasteiger partial charge in [0.25, 0.3) is 0 Å². The predicted octanol–water partition coefficient (Wildman–Crippen LogP) is -2.26. The van der Waals surface area contributed by atoms with Gasteiger partial charge in [0.05, 0.1) is 0 Å². The van der Waals surface area contributed by atoms with E-state index in [9.17, 15) is 19.8 Å². The molecule has 0 heterocycles. The van der Waals surface area contributed by atoms with Crippen LogP contribution < -0.4 is 10.2 Å². The molecule has 0 rings (SSSR count). The van der Waals surface area contributed by atoms with Crippen LogP contribution in [0.2, 0.25) is 0 Å². The largest absolute Gasteiger partial charge is 2.00 e. The van der Waals surface area contributed by atoms with Gasteiger partial charge in [-0.05, 0) is 0 Å². The van der Waals surface area contributed by atoms with Gasteiger partial charge < -0.3 is 19.8 Å². The first kappa shape index (κ1) is 11.8. The summed E-state index contributed by atoms with van der Waals surface area (Å²) >= 11 is 0. The molecule has 0 bridgehead atoms. The molecular formula is C2N2O4Sr. The molecule has 0 N–H and O–H groups in total. The normalized spacial score (nSPS) is 8.44. The maximum atomic E-state index is 9.24. The van der Waals surface area contributed by atoms with E-state index in [2.05, 4.69) is 10.2 Å². The van der Waals surface area contributed by atoms with Crippen molar-refractivity contribution in [2.45, 2.75) is 0 Å². The molecule has 0 aromatic heterocycles. The zero-order valence-electron chi connectivity index (χ0n) is 4.23. The number of carbonyl (C=O) groups is 2. The molecule has 0 saturated carbocycles. The van der Waals surface area contributed by atoms with Crippen LogP contribution in [0.4, 0.5) is 9.59 Å². The minimum absolute atomic E-state index is 0. The minimum Gasteiger partial charge on any atom is -0.527 e. The zero-order valence-corrected chi connectivity index (χ0v) is 7.71. The van der Waals surface area contributed by atoms with Gasteiger partial charge in [0.1, 0.15) is 0 Å². The van der Waals surface area contributed by atoms with Crippen molar-refractivity contribution in [3.05, 3.63) is 0 Å². The van der Waals surface area contributed by atoms with Gasteiger partial charge in [-0.15, -0.1) is 10.2 Å². The molecular weight excluding hydrogens is 204 g/mol. The van der Waals surface area contributed by atoms with Gasteiger partial charge in [0.15, 0.2) is 12.2 Å². The quantitative estimate of drug-likeness (QED) is 0.327. The van der Waals surface area contributed by atoms with Gasteiger partial charge >= 0.3 is 45.5 Å². The third-order valence-corrected chi connectivity index (χ3v) is 0.213. The van der Waals surface area contributed by atoms with E-state index in [1.54, 1.807) is 0 Å². The Hall–Kier alpha value is 0.0205. The van der Waals surface area contributed by atoms with Crippen molar-refractivity contribution in [3.63, 3.8) is 0 Å². The van der Waals surface area contributed by atoms with Gasteiger partial charge in [0, 0.05) is 0 Å². The maximum Gasteiger partial charge on any atom is 2.00 e. The van der Waals surface area contributed by atoms with E-state index in [1.807, 2.05) is 0 Å². The summed E-state index contributed by atoms with van der Waals surface area (Å²) in [7, 11) is 0. The van der Waals surface area contributed by atoms with E-state index in [1.165, 1.54) is 0 Å². The van der Waals surface area contributed by atoms with Crippen molar-refractivity contribution in [1.82, 2.24) is 0 Å². The van der Waals surface area contributed by atoms with Crippen LogP contribution in [0.25, 0.3) is 0 Å². The fraction of sp³-hybridized carbons (Fsp3) is 0. The van der Waals surface area contributed by atoms with Crippen molar-refractivity contribution in [2.75, 3.05) is 0 Å². The van der Waals surface area contributed by atoms with Crippen molar-refractivity contribution in [1.29, 1.82) is 0 Å². The third-order valence-electron chi connectivity index (χ3n) is 0.213. The van der Waals surface area contributed by atoms with Gasteiger partial charge in [0.2, 0.25) is 0 Å². The summed E-state index contributed by atoms with van der Waals surface area (Å²) in [5.74, 6) is 0. The van der Waals surface area contributed by atoms with E-state index in [-0.39, 0.29) is 45.5 Å². The molecule has 44 valence electrons. The first-order chi connectivity index (χ1) is 3.63. The second kappa shape index (κ2) is 6.15. The molecule has 0 unspecified atom stereocenters.